The average molecular weight is 183 g/mol. The highest BCUT2D eigenvalue weighted by molar-refractivity contribution is 5.63. The van der Waals surface area contributed by atoms with E-state index in [-0.39, 0.29) is 0 Å². The SMILES string of the molecule is C(=Cc1ccccc1)C1=CCCC=N1. The highest BCUT2D eigenvalue weighted by Crippen LogP contribution is 2.10. The predicted molar refractivity (Wildman–Crippen MR) is 61.3 cm³/mol. The van der Waals surface area contributed by atoms with Gasteiger partial charge in [0.15, 0.2) is 0 Å². The van der Waals surface area contributed by atoms with E-state index < -0.39 is 0 Å². The zero-order valence-corrected chi connectivity index (χ0v) is 8.06. The quantitative estimate of drug-likeness (QED) is 0.666. The molecule has 0 radical (unpaired) electrons. The monoisotopic (exact) mass is 183 g/mol. The van der Waals surface area contributed by atoms with Crippen LogP contribution >= 0.6 is 0 Å². The molecule has 0 aliphatic carbocycles. The first-order valence-corrected chi connectivity index (χ1v) is 4.91. The Hall–Kier alpha value is -1.63. The van der Waals surface area contributed by atoms with Crippen LogP contribution in [0, 0.1) is 0 Å². The van der Waals surface area contributed by atoms with Crippen LogP contribution in [-0.2, 0) is 0 Å². The van der Waals surface area contributed by atoms with Crippen LogP contribution in [0.5, 0.6) is 0 Å². The van der Waals surface area contributed by atoms with Gasteiger partial charge in [0.2, 0.25) is 0 Å². The van der Waals surface area contributed by atoms with E-state index in [4.69, 9.17) is 0 Å². The van der Waals surface area contributed by atoms with Crippen molar-refractivity contribution in [2.45, 2.75) is 12.8 Å². The van der Waals surface area contributed by atoms with Crippen LogP contribution in [0.25, 0.3) is 6.08 Å². The molecule has 70 valence electrons. The summed E-state index contributed by atoms with van der Waals surface area (Å²) in [6, 6.07) is 10.3. The van der Waals surface area contributed by atoms with Crippen LogP contribution in [0.3, 0.4) is 0 Å². The van der Waals surface area contributed by atoms with Gasteiger partial charge in [-0.1, -0.05) is 42.5 Å². The molecule has 0 amide bonds. The first-order chi connectivity index (χ1) is 6.95. The summed E-state index contributed by atoms with van der Waals surface area (Å²) in [6.07, 6.45) is 10.5. The van der Waals surface area contributed by atoms with Gasteiger partial charge in [0, 0.05) is 6.21 Å². The van der Waals surface area contributed by atoms with Crippen molar-refractivity contribution in [2.75, 3.05) is 0 Å². The topological polar surface area (TPSA) is 12.4 Å². The van der Waals surface area contributed by atoms with Gasteiger partial charge in [0.1, 0.15) is 0 Å². The molecule has 1 heterocycles. The molecule has 1 aromatic carbocycles. The summed E-state index contributed by atoms with van der Waals surface area (Å²) in [4.78, 5) is 4.29. The molecule has 14 heavy (non-hydrogen) atoms. The van der Waals surface area contributed by atoms with Crippen LogP contribution in [0.15, 0.2) is 53.2 Å². The molecule has 0 fully saturated rings. The number of hydrogen-bond acceptors (Lipinski definition) is 1. The van der Waals surface area contributed by atoms with Crippen LogP contribution in [0.1, 0.15) is 18.4 Å². The van der Waals surface area contributed by atoms with Gasteiger partial charge in [-0.2, -0.15) is 0 Å². The molecule has 0 spiro atoms. The lowest BCUT2D eigenvalue weighted by atomic mass is 10.1. The van der Waals surface area contributed by atoms with Crippen molar-refractivity contribution < 1.29 is 0 Å². The number of hydrogen-bond donors (Lipinski definition) is 0. The van der Waals surface area contributed by atoms with Crippen molar-refractivity contribution >= 4 is 12.3 Å². The molecule has 0 atom stereocenters. The Labute approximate surface area is 84.5 Å². The molecule has 2 rings (SSSR count). The standard InChI is InChI=1S/C13H13N/c1-2-6-12(7-3-1)9-10-13-8-4-5-11-14-13/h1-3,6-11H,4-5H2. The van der Waals surface area contributed by atoms with Crippen LogP contribution < -0.4 is 0 Å². The molecule has 1 heteroatoms. The zero-order valence-electron chi connectivity index (χ0n) is 8.06. The molecule has 0 saturated carbocycles. The predicted octanol–water partition coefficient (Wildman–Crippen LogP) is 3.45. The minimum Gasteiger partial charge on any atom is -0.262 e. The molecule has 0 unspecified atom stereocenters. The van der Waals surface area contributed by atoms with E-state index in [2.05, 4.69) is 35.4 Å². The molecule has 0 aromatic heterocycles. The second-order valence-electron chi connectivity index (χ2n) is 3.26. The molecule has 0 saturated heterocycles. The average Bonchev–Trinajstić information content (AvgIpc) is 2.29. The Morgan fingerprint density at radius 3 is 2.57 bits per heavy atom. The van der Waals surface area contributed by atoms with Gasteiger partial charge in [0.25, 0.3) is 0 Å². The Kier molecular flexibility index (Phi) is 2.92. The lowest BCUT2D eigenvalue weighted by Gasteiger charge is -1.99. The minimum absolute atomic E-state index is 1.07. The number of rotatable bonds is 2. The third-order valence-electron chi connectivity index (χ3n) is 2.14. The Bertz CT molecular complexity index is 371. The van der Waals surface area contributed by atoms with Crippen LogP contribution in [-0.4, -0.2) is 6.21 Å². The van der Waals surface area contributed by atoms with E-state index >= 15 is 0 Å². The smallest absolute Gasteiger partial charge is 0.0586 e. The van der Waals surface area contributed by atoms with E-state index in [1.807, 2.05) is 24.4 Å². The fraction of sp³-hybridized carbons (Fsp3) is 0.154. The van der Waals surface area contributed by atoms with Gasteiger partial charge in [0.05, 0.1) is 5.70 Å². The maximum Gasteiger partial charge on any atom is 0.0586 e. The molecular weight excluding hydrogens is 170 g/mol. The van der Waals surface area contributed by atoms with E-state index in [0.717, 1.165) is 18.5 Å². The highest BCUT2D eigenvalue weighted by Gasteiger charge is 1.92. The van der Waals surface area contributed by atoms with Gasteiger partial charge in [-0.05, 0) is 24.5 Å². The lowest BCUT2D eigenvalue weighted by Crippen LogP contribution is -1.84. The molecule has 1 aliphatic rings. The van der Waals surface area contributed by atoms with Gasteiger partial charge < -0.3 is 0 Å². The number of aliphatic imine (C=N–C) groups is 1. The normalized spacial score (nSPS) is 15.9. The molecule has 1 nitrogen and oxygen atoms in total. The lowest BCUT2D eigenvalue weighted by molar-refractivity contribution is 1.06. The number of nitrogens with zero attached hydrogens (tertiary/aromatic N) is 1. The summed E-state index contributed by atoms with van der Waals surface area (Å²) in [5.74, 6) is 0. The van der Waals surface area contributed by atoms with Crippen LogP contribution in [0.2, 0.25) is 0 Å². The first kappa shape index (κ1) is 8.95. The van der Waals surface area contributed by atoms with Crippen molar-refractivity contribution in [1.29, 1.82) is 0 Å². The summed E-state index contributed by atoms with van der Waals surface area (Å²) < 4.78 is 0. The van der Waals surface area contributed by atoms with Gasteiger partial charge >= 0.3 is 0 Å². The Morgan fingerprint density at radius 1 is 1.00 bits per heavy atom. The molecular formula is C13H13N. The van der Waals surface area contributed by atoms with Gasteiger partial charge in [-0.15, -0.1) is 0 Å². The van der Waals surface area contributed by atoms with Gasteiger partial charge in [-0.3, -0.25) is 4.99 Å². The van der Waals surface area contributed by atoms with E-state index in [0.29, 0.717) is 0 Å². The largest absolute Gasteiger partial charge is 0.262 e. The van der Waals surface area contributed by atoms with E-state index in [9.17, 15) is 0 Å². The van der Waals surface area contributed by atoms with Crippen LogP contribution in [0.4, 0.5) is 0 Å². The molecule has 1 aromatic rings. The molecule has 0 N–H and O–H groups in total. The number of benzene rings is 1. The summed E-state index contributed by atoms with van der Waals surface area (Å²) in [6.45, 7) is 0. The Balaban J connectivity index is 2.07. The van der Waals surface area contributed by atoms with Crippen molar-refractivity contribution in [3.8, 4) is 0 Å². The van der Waals surface area contributed by atoms with E-state index in [1.165, 1.54) is 5.56 Å². The third kappa shape index (κ3) is 2.43. The first-order valence-electron chi connectivity index (χ1n) is 4.91. The fourth-order valence-corrected chi connectivity index (χ4v) is 1.39. The summed E-state index contributed by atoms with van der Waals surface area (Å²) in [7, 11) is 0. The van der Waals surface area contributed by atoms with E-state index in [1.54, 1.807) is 0 Å². The molecule has 1 aliphatic heterocycles. The van der Waals surface area contributed by atoms with Crippen molar-refractivity contribution in [3.05, 3.63) is 53.7 Å². The van der Waals surface area contributed by atoms with Crippen molar-refractivity contribution in [2.24, 2.45) is 4.99 Å². The minimum atomic E-state index is 1.07. The highest BCUT2D eigenvalue weighted by atomic mass is 14.7. The molecule has 0 bridgehead atoms. The third-order valence-corrected chi connectivity index (χ3v) is 2.14. The summed E-state index contributed by atoms with van der Waals surface area (Å²) in [5, 5.41) is 0. The summed E-state index contributed by atoms with van der Waals surface area (Å²) >= 11 is 0. The van der Waals surface area contributed by atoms with Crippen molar-refractivity contribution in [3.63, 3.8) is 0 Å². The second-order valence-corrected chi connectivity index (χ2v) is 3.26. The summed E-state index contributed by atoms with van der Waals surface area (Å²) in [5.41, 5.74) is 2.29. The second kappa shape index (κ2) is 4.56. The Morgan fingerprint density at radius 2 is 1.86 bits per heavy atom. The number of allylic oxidation sites excluding steroid dienone is 2. The van der Waals surface area contributed by atoms with Gasteiger partial charge in [-0.25, -0.2) is 0 Å². The zero-order chi connectivity index (χ0) is 9.64. The maximum absolute atomic E-state index is 4.29. The maximum atomic E-state index is 4.29. The fourth-order valence-electron chi connectivity index (χ4n) is 1.39. The van der Waals surface area contributed by atoms with Crippen molar-refractivity contribution in [1.82, 2.24) is 0 Å².